The molecule has 0 bridgehead atoms. The van der Waals surface area contributed by atoms with E-state index in [1.807, 2.05) is 11.8 Å². The molecule has 0 spiro atoms. The number of ether oxygens (including phenoxy) is 1. The van der Waals surface area contributed by atoms with E-state index in [0.29, 0.717) is 43.9 Å². The number of amides is 1. The van der Waals surface area contributed by atoms with Gasteiger partial charge in [0.15, 0.2) is 0 Å². The van der Waals surface area contributed by atoms with Crippen molar-refractivity contribution in [1.82, 2.24) is 14.9 Å². The highest BCUT2D eigenvalue weighted by molar-refractivity contribution is 5.92. The number of aromatic nitrogens is 2. The van der Waals surface area contributed by atoms with Gasteiger partial charge in [-0.05, 0) is 43.7 Å². The summed E-state index contributed by atoms with van der Waals surface area (Å²) in [5.41, 5.74) is 2.75. The Hall–Kier alpha value is -2.47. The van der Waals surface area contributed by atoms with E-state index in [1.54, 1.807) is 6.07 Å². The van der Waals surface area contributed by atoms with Crippen molar-refractivity contribution in [3.8, 4) is 0 Å². The zero-order valence-corrected chi connectivity index (χ0v) is 16.5. The van der Waals surface area contributed by atoms with Gasteiger partial charge in [0.1, 0.15) is 5.69 Å². The van der Waals surface area contributed by atoms with Gasteiger partial charge in [0.2, 0.25) is 5.95 Å². The zero-order valence-electron chi connectivity index (χ0n) is 16.5. The maximum Gasteiger partial charge on any atom is 0.272 e. The van der Waals surface area contributed by atoms with E-state index < -0.39 is 0 Å². The Morgan fingerprint density at radius 1 is 1.07 bits per heavy atom. The molecule has 148 valence electrons. The van der Waals surface area contributed by atoms with Crippen LogP contribution in [0.4, 0.5) is 5.95 Å². The van der Waals surface area contributed by atoms with Crippen molar-refractivity contribution < 1.29 is 9.53 Å². The first-order chi connectivity index (χ1) is 13.7. The smallest absolute Gasteiger partial charge is 0.272 e. The normalized spacial score (nSPS) is 18.3. The highest BCUT2D eigenvalue weighted by Gasteiger charge is 2.24. The second-order valence-corrected chi connectivity index (χ2v) is 7.72. The Kier molecular flexibility index (Phi) is 5.86. The van der Waals surface area contributed by atoms with Crippen LogP contribution in [0, 0.1) is 12.8 Å². The number of carbonyl (C=O) groups excluding carboxylic acids is 1. The van der Waals surface area contributed by atoms with Crippen LogP contribution in [0.1, 0.15) is 34.6 Å². The van der Waals surface area contributed by atoms with Gasteiger partial charge in [-0.15, -0.1) is 0 Å². The molecule has 6 nitrogen and oxygen atoms in total. The van der Waals surface area contributed by atoms with Crippen LogP contribution >= 0.6 is 0 Å². The van der Waals surface area contributed by atoms with Gasteiger partial charge in [0, 0.05) is 31.9 Å². The number of nitrogens with zero attached hydrogens (tertiary/aromatic N) is 4. The number of morpholine rings is 1. The molecule has 6 heteroatoms. The Morgan fingerprint density at radius 3 is 2.50 bits per heavy atom. The Morgan fingerprint density at radius 2 is 1.79 bits per heavy atom. The molecule has 2 aromatic rings. The molecule has 1 aromatic heterocycles. The van der Waals surface area contributed by atoms with Crippen molar-refractivity contribution in [2.24, 2.45) is 5.92 Å². The first-order valence-corrected chi connectivity index (χ1v) is 10.2. The minimum absolute atomic E-state index is 0.0194. The van der Waals surface area contributed by atoms with Gasteiger partial charge in [-0.2, -0.15) is 0 Å². The number of hydrogen-bond donors (Lipinski definition) is 0. The van der Waals surface area contributed by atoms with Gasteiger partial charge >= 0.3 is 0 Å². The lowest BCUT2D eigenvalue weighted by Gasteiger charge is -2.32. The quantitative estimate of drug-likeness (QED) is 0.816. The van der Waals surface area contributed by atoms with Crippen molar-refractivity contribution in [2.75, 3.05) is 44.3 Å². The average molecular weight is 380 g/mol. The van der Waals surface area contributed by atoms with Crippen LogP contribution in [-0.4, -0.2) is 60.2 Å². The molecule has 2 aliphatic rings. The number of rotatable bonds is 4. The summed E-state index contributed by atoms with van der Waals surface area (Å²) in [7, 11) is 0. The molecule has 2 saturated heterocycles. The summed E-state index contributed by atoms with van der Waals surface area (Å²) in [5.74, 6) is 1.36. The number of anilines is 1. The van der Waals surface area contributed by atoms with Crippen LogP contribution in [0.3, 0.4) is 0 Å². The molecule has 0 N–H and O–H groups in total. The standard InChI is InChI=1S/C22H28N4O2/c1-17-15-20(21(27)25-11-13-28-14-12-25)24-22(23-17)26-9-7-19(8-10-26)16-18-5-3-2-4-6-18/h2-6,15,19H,7-14,16H2,1H3. The number of aryl methyl sites for hydroxylation is 1. The summed E-state index contributed by atoms with van der Waals surface area (Å²) in [6, 6.07) is 12.5. The van der Waals surface area contributed by atoms with Crippen LogP contribution in [0.25, 0.3) is 0 Å². The van der Waals surface area contributed by atoms with E-state index in [9.17, 15) is 4.79 Å². The second kappa shape index (κ2) is 8.69. The number of piperidine rings is 1. The third kappa shape index (κ3) is 4.50. The molecule has 2 aliphatic heterocycles. The molecule has 0 atom stereocenters. The Bertz CT molecular complexity index is 797. The molecule has 28 heavy (non-hydrogen) atoms. The van der Waals surface area contributed by atoms with E-state index in [2.05, 4.69) is 45.2 Å². The van der Waals surface area contributed by atoms with Crippen LogP contribution in [-0.2, 0) is 11.2 Å². The van der Waals surface area contributed by atoms with E-state index in [1.165, 1.54) is 5.56 Å². The predicted molar refractivity (Wildman–Crippen MR) is 109 cm³/mol. The fourth-order valence-electron chi connectivity index (χ4n) is 4.02. The van der Waals surface area contributed by atoms with Crippen molar-refractivity contribution in [3.63, 3.8) is 0 Å². The minimum atomic E-state index is -0.0194. The Balaban J connectivity index is 1.40. The van der Waals surface area contributed by atoms with Gasteiger partial charge < -0.3 is 14.5 Å². The third-order valence-electron chi connectivity index (χ3n) is 5.62. The topological polar surface area (TPSA) is 58.6 Å². The molecule has 1 amide bonds. The molecule has 0 saturated carbocycles. The maximum atomic E-state index is 12.8. The molecule has 4 rings (SSSR count). The lowest BCUT2D eigenvalue weighted by Crippen LogP contribution is -2.41. The molecule has 0 unspecified atom stereocenters. The van der Waals surface area contributed by atoms with Crippen LogP contribution < -0.4 is 4.90 Å². The van der Waals surface area contributed by atoms with Crippen molar-refractivity contribution in [3.05, 3.63) is 53.3 Å². The van der Waals surface area contributed by atoms with E-state index in [-0.39, 0.29) is 5.91 Å². The zero-order chi connectivity index (χ0) is 19.3. The largest absolute Gasteiger partial charge is 0.378 e. The lowest BCUT2D eigenvalue weighted by molar-refractivity contribution is 0.0299. The number of benzene rings is 1. The third-order valence-corrected chi connectivity index (χ3v) is 5.62. The number of carbonyl (C=O) groups is 1. The Labute approximate surface area is 166 Å². The summed E-state index contributed by atoms with van der Waals surface area (Å²) in [5, 5.41) is 0. The molecular weight excluding hydrogens is 352 g/mol. The highest BCUT2D eigenvalue weighted by Crippen LogP contribution is 2.24. The first-order valence-electron chi connectivity index (χ1n) is 10.2. The molecule has 2 fully saturated rings. The van der Waals surface area contributed by atoms with Crippen LogP contribution in [0.15, 0.2) is 36.4 Å². The summed E-state index contributed by atoms with van der Waals surface area (Å²) in [4.78, 5) is 26.1. The van der Waals surface area contributed by atoms with Crippen LogP contribution in [0.2, 0.25) is 0 Å². The second-order valence-electron chi connectivity index (χ2n) is 7.72. The molecule has 1 aromatic carbocycles. The lowest BCUT2D eigenvalue weighted by atomic mass is 9.90. The average Bonchev–Trinajstić information content (AvgIpc) is 2.75. The molecular formula is C22H28N4O2. The van der Waals surface area contributed by atoms with Crippen molar-refractivity contribution >= 4 is 11.9 Å². The van der Waals surface area contributed by atoms with Gasteiger partial charge in [0.25, 0.3) is 5.91 Å². The van der Waals surface area contributed by atoms with Crippen molar-refractivity contribution in [1.29, 1.82) is 0 Å². The van der Waals surface area contributed by atoms with E-state index in [4.69, 9.17) is 4.74 Å². The predicted octanol–water partition coefficient (Wildman–Crippen LogP) is 2.72. The monoisotopic (exact) mass is 380 g/mol. The summed E-state index contributed by atoms with van der Waals surface area (Å²) in [6.07, 6.45) is 3.38. The van der Waals surface area contributed by atoms with Crippen LogP contribution in [0.5, 0.6) is 0 Å². The fraction of sp³-hybridized carbons (Fsp3) is 0.500. The SMILES string of the molecule is Cc1cc(C(=O)N2CCOCC2)nc(N2CCC(Cc3ccccc3)CC2)n1. The molecule has 3 heterocycles. The van der Waals surface area contributed by atoms with E-state index in [0.717, 1.165) is 38.0 Å². The first kappa shape index (κ1) is 18.9. The summed E-state index contributed by atoms with van der Waals surface area (Å²) < 4.78 is 5.35. The summed E-state index contributed by atoms with van der Waals surface area (Å²) in [6.45, 7) is 6.25. The molecule has 0 aliphatic carbocycles. The fourth-order valence-corrected chi connectivity index (χ4v) is 4.02. The van der Waals surface area contributed by atoms with Gasteiger partial charge in [-0.25, -0.2) is 9.97 Å². The molecule has 0 radical (unpaired) electrons. The van der Waals surface area contributed by atoms with Gasteiger partial charge in [-0.3, -0.25) is 4.79 Å². The van der Waals surface area contributed by atoms with Gasteiger partial charge in [-0.1, -0.05) is 30.3 Å². The summed E-state index contributed by atoms with van der Waals surface area (Å²) >= 11 is 0. The highest BCUT2D eigenvalue weighted by atomic mass is 16.5. The van der Waals surface area contributed by atoms with Crippen molar-refractivity contribution in [2.45, 2.75) is 26.2 Å². The minimum Gasteiger partial charge on any atom is -0.378 e. The number of hydrogen-bond acceptors (Lipinski definition) is 5. The maximum absolute atomic E-state index is 12.8. The van der Waals surface area contributed by atoms with E-state index >= 15 is 0 Å². The van der Waals surface area contributed by atoms with Gasteiger partial charge in [0.05, 0.1) is 13.2 Å².